The van der Waals surface area contributed by atoms with Crippen LogP contribution in [0.25, 0.3) is 0 Å². The lowest BCUT2D eigenvalue weighted by Gasteiger charge is -2.14. The van der Waals surface area contributed by atoms with Gasteiger partial charge in [0.1, 0.15) is 5.75 Å². The van der Waals surface area contributed by atoms with Crippen molar-refractivity contribution in [3.8, 4) is 5.75 Å². The number of nitrogens with one attached hydrogen (secondary N) is 1. The average Bonchev–Trinajstić information content (AvgIpc) is 2.28. The first kappa shape index (κ1) is 13.8. The second-order valence-corrected chi connectivity index (χ2v) is 6.13. The van der Waals surface area contributed by atoms with Crippen molar-refractivity contribution >= 4 is 15.7 Å². The Balaban J connectivity index is 3.09. The third-order valence-electron chi connectivity index (χ3n) is 2.51. The van der Waals surface area contributed by atoms with Gasteiger partial charge >= 0.3 is 0 Å². The molecule has 96 valence electrons. The molecule has 0 aliphatic heterocycles. The van der Waals surface area contributed by atoms with Crippen LogP contribution in [0.3, 0.4) is 0 Å². The molecule has 0 unspecified atom stereocenters. The Morgan fingerprint density at radius 3 is 2.47 bits per heavy atom. The van der Waals surface area contributed by atoms with E-state index in [1.54, 1.807) is 26.2 Å². The molecule has 0 spiro atoms. The summed E-state index contributed by atoms with van der Waals surface area (Å²) in [5, 5.41) is 0. The predicted molar refractivity (Wildman–Crippen MR) is 70.2 cm³/mol. The van der Waals surface area contributed by atoms with E-state index >= 15 is 0 Å². The molecule has 1 aromatic carbocycles. The fraction of sp³-hybridized carbons (Fsp3) is 0.500. The monoisotopic (exact) mass is 257 g/mol. The van der Waals surface area contributed by atoms with Crippen LogP contribution >= 0.6 is 0 Å². The maximum Gasteiger partial charge on any atom is 0.232 e. The summed E-state index contributed by atoms with van der Waals surface area (Å²) in [7, 11) is -1.62. The van der Waals surface area contributed by atoms with E-state index in [0.717, 1.165) is 11.3 Å². The minimum absolute atomic E-state index is 0.0655. The van der Waals surface area contributed by atoms with Crippen LogP contribution in [0.2, 0.25) is 0 Å². The predicted octanol–water partition coefficient (Wildman–Crippen LogP) is 2.58. The highest BCUT2D eigenvalue weighted by atomic mass is 32.2. The van der Waals surface area contributed by atoms with E-state index in [2.05, 4.69) is 4.72 Å². The fourth-order valence-corrected chi connectivity index (χ4v) is 2.13. The molecule has 0 aliphatic carbocycles. The molecule has 0 radical (unpaired) electrons. The van der Waals surface area contributed by atoms with Gasteiger partial charge in [-0.1, -0.05) is 13.8 Å². The maximum absolute atomic E-state index is 11.5. The van der Waals surface area contributed by atoms with Gasteiger partial charge < -0.3 is 4.74 Å². The Morgan fingerprint density at radius 1 is 1.35 bits per heavy atom. The molecule has 0 saturated carbocycles. The topological polar surface area (TPSA) is 55.4 Å². The van der Waals surface area contributed by atoms with Gasteiger partial charge in [0.25, 0.3) is 0 Å². The van der Waals surface area contributed by atoms with E-state index < -0.39 is 10.0 Å². The number of hydrogen-bond donors (Lipinski definition) is 1. The van der Waals surface area contributed by atoms with Crippen LogP contribution < -0.4 is 9.46 Å². The smallest absolute Gasteiger partial charge is 0.232 e. The third-order valence-corrected chi connectivity index (χ3v) is 3.81. The molecule has 5 heteroatoms. The molecule has 4 nitrogen and oxygen atoms in total. The molecule has 1 aromatic rings. The van der Waals surface area contributed by atoms with Gasteiger partial charge in [0.15, 0.2) is 0 Å². The van der Waals surface area contributed by atoms with Crippen molar-refractivity contribution in [2.24, 2.45) is 0 Å². The molecule has 0 aliphatic rings. The van der Waals surface area contributed by atoms with Gasteiger partial charge in [0.2, 0.25) is 10.0 Å². The number of hydrogen-bond acceptors (Lipinski definition) is 3. The number of rotatable bonds is 5. The molecule has 1 rings (SSSR count). The summed E-state index contributed by atoms with van der Waals surface area (Å²) in [4.78, 5) is 0. The number of benzene rings is 1. The van der Waals surface area contributed by atoms with E-state index in [1.807, 2.05) is 19.9 Å². The minimum Gasteiger partial charge on any atom is -0.496 e. The first-order chi connectivity index (χ1) is 7.89. The van der Waals surface area contributed by atoms with E-state index in [4.69, 9.17) is 4.74 Å². The van der Waals surface area contributed by atoms with Gasteiger partial charge in [-0.25, -0.2) is 8.42 Å². The Labute approximate surface area is 103 Å². The van der Waals surface area contributed by atoms with Crippen LogP contribution in [-0.4, -0.2) is 21.3 Å². The summed E-state index contributed by atoms with van der Waals surface area (Å²) < 4.78 is 30.7. The van der Waals surface area contributed by atoms with Crippen LogP contribution in [0, 0.1) is 0 Å². The normalized spacial score (nSPS) is 11.6. The Bertz CT molecular complexity index is 481. The van der Waals surface area contributed by atoms with Gasteiger partial charge in [0.05, 0.1) is 12.9 Å². The molecule has 0 aromatic heterocycles. The van der Waals surface area contributed by atoms with Crippen molar-refractivity contribution in [2.75, 3.05) is 17.6 Å². The molecule has 17 heavy (non-hydrogen) atoms. The molecule has 0 amide bonds. The van der Waals surface area contributed by atoms with Crippen LogP contribution in [0.15, 0.2) is 18.2 Å². The number of ether oxygens (including phenoxy) is 1. The highest BCUT2D eigenvalue weighted by molar-refractivity contribution is 7.92. The summed E-state index contributed by atoms with van der Waals surface area (Å²) in [5.41, 5.74) is 1.57. The van der Waals surface area contributed by atoms with Crippen molar-refractivity contribution < 1.29 is 13.2 Å². The Kier molecular flexibility index (Phi) is 4.40. The largest absolute Gasteiger partial charge is 0.496 e. The van der Waals surface area contributed by atoms with Crippen LogP contribution in [0.1, 0.15) is 32.3 Å². The lowest BCUT2D eigenvalue weighted by Crippen LogP contribution is -2.14. The summed E-state index contributed by atoms with van der Waals surface area (Å²) in [6, 6.07) is 5.30. The molecular formula is C12H19NO3S. The average molecular weight is 257 g/mol. The second-order valence-electron chi connectivity index (χ2n) is 4.12. The molecule has 0 bridgehead atoms. The second kappa shape index (κ2) is 5.40. The minimum atomic E-state index is -3.23. The van der Waals surface area contributed by atoms with Gasteiger partial charge in [-0.3, -0.25) is 4.72 Å². The quantitative estimate of drug-likeness (QED) is 0.882. The first-order valence-electron chi connectivity index (χ1n) is 5.58. The van der Waals surface area contributed by atoms with Gasteiger partial charge in [-0.05, 0) is 36.6 Å². The van der Waals surface area contributed by atoms with Gasteiger partial charge in [-0.15, -0.1) is 0 Å². The zero-order valence-corrected chi connectivity index (χ0v) is 11.5. The summed E-state index contributed by atoms with van der Waals surface area (Å²) in [6.07, 6.45) is 0. The fourth-order valence-electron chi connectivity index (χ4n) is 1.50. The van der Waals surface area contributed by atoms with Crippen molar-refractivity contribution in [2.45, 2.75) is 26.7 Å². The molecule has 0 fully saturated rings. The Hall–Kier alpha value is -1.23. The highest BCUT2D eigenvalue weighted by Gasteiger charge is 2.11. The van der Waals surface area contributed by atoms with E-state index in [0.29, 0.717) is 5.69 Å². The molecule has 0 heterocycles. The molecular weight excluding hydrogens is 238 g/mol. The van der Waals surface area contributed by atoms with E-state index in [9.17, 15) is 8.42 Å². The molecule has 0 atom stereocenters. The van der Waals surface area contributed by atoms with Crippen molar-refractivity contribution in [3.05, 3.63) is 23.8 Å². The molecule has 1 N–H and O–H groups in total. The SMILES string of the molecule is CCS(=O)(=O)Nc1ccc(OC)c(C(C)C)c1. The number of sulfonamides is 1. The number of methoxy groups -OCH3 is 1. The first-order valence-corrected chi connectivity index (χ1v) is 7.23. The summed E-state index contributed by atoms with van der Waals surface area (Å²) >= 11 is 0. The third kappa shape index (κ3) is 3.63. The van der Waals surface area contributed by atoms with Crippen molar-refractivity contribution in [3.63, 3.8) is 0 Å². The summed E-state index contributed by atoms with van der Waals surface area (Å²) in [5.74, 6) is 1.12. The standard InChI is InChI=1S/C12H19NO3S/c1-5-17(14,15)13-10-6-7-12(16-4)11(8-10)9(2)3/h6-9,13H,5H2,1-4H3. The summed E-state index contributed by atoms with van der Waals surface area (Å²) in [6.45, 7) is 5.68. The Morgan fingerprint density at radius 2 is 2.00 bits per heavy atom. The highest BCUT2D eigenvalue weighted by Crippen LogP contribution is 2.29. The molecule has 0 saturated heterocycles. The van der Waals surface area contributed by atoms with Crippen molar-refractivity contribution in [1.29, 1.82) is 0 Å². The van der Waals surface area contributed by atoms with E-state index in [-0.39, 0.29) is 11.7 Å². The zero-order chi connectivity index (χ0) is 13.1. The zero-order valence-electron chi connectivity index (χ0n) is 10.6. The van der Waals surface area contributed by atoms with Gasteiger partial charge in [0, 0.05) is 5.69 Å². The van der Waals surface area contributed by atoms with E-state index in [1.165, 1.54) is 0 Å². The maximum atomic E-state index is 11.5. The van der Waals surface area contributed by atoms with Gasteiger partial charge in [-0.2, -0.15) is 0 Å². The van der Waals surface area contributed by atoms with Crippen molar-refractivity contribution in [1.82, 2.24) is 0 Å². The number of anilines is 1. The van der Waals surface area contributed by atoms with Crippen LogP contribution in [-0.2, 0) is 10.0 Å². The van der Waals surface area contributed by atoms with Crippen LogP contribution in [0.5, 0.6) is 5.75 Å². The van der Waals surface area contributed by atoms with Crippen LogP contribution in [0.4, 0.5) is 5.69 Å². The lowest BCUT2D eigenvalue weighted by molar-refractivity contribution is 0.407. The lowest BCUT2D eigenvalue weighted by atomic mass is 10.0.